The van der Waals surface area contributed by atoms with Crippen LogP contribution in [0.2, 0.25) is 55.9 Å². The van der Waals surface area contributed by atoms with E-state index in [2.05, 4.69) is 147 Å². The van der Waals surface area contributed by atoms with Crippen LogP contribution in [0.15, 0.2) is 31.8 Å². The molecule has 0 radical (unpaired) electrons. The lowest BCUT2D eigenvalue weighted by Gasteiger charge is -2.36. The molecule has 76 heavy (non-hydrogen) atoms. The third-order valence-electron chi connectivity index (χ3n) is 11.1. The quantitative estimate of drug-likeness (QED) is 0.0284. The molecule has 2 aliphatic rings. The minimum atomic E-state index is -3.69. The number of hydrogen-bond acceptors (Lipinski definition) is 15. The first-order valence-corrected chi connectivity index (χ1v) is 38.9. The summed E-state index contributed by atoms with van der Waals surface area (Å²) in [6.07, 6.45) is 5.87. The normalized spacial score (nSPS) is 18.2. The zero-order valence-corrected chi connectivity index (χ0v) is 60.1. The van der Waals surface area contributed by atoms with Crippen molar-refractivity contribution in [2.45, 2.75) is 233 Å². The summed E-state index contributed by atoms with van der Waals surface area (Å²) in [5.41, 5.74) is 3.26. The molecule has 0 saturated carbocycles. The highest BCUT2D eigenvalue weighted by Crippen LogP contribution is 2.37. The predicted molar refractivity (Wildman–Crippen MR) is 342 cm³/mol. The van der Waals surface area contributed by atoms with E-state index in [0.717, 1.165) is 20.7 Å². The van der Waals surface area contributed by atoms with Crippen molar-refractivity contribution in [3.63, 3.8) is 0 Å². The van der Waals surface area contributed by atoms with Gasteiger partial charge in [-0.2, -0.15) is 0 Å². The molecule has 2 fully saturated rings. The number of rotatable bonds is 18. The van der Waals surface area contributed by atoms with Crippen LogP contribution >= 0.6 is 55.9 Å². The molecule has 2 rings (SSSR count). The van der Waals surface area contributed by atoms with Crippen LogP contribution in [0.4, 0.5) is 0 Å². The molecule has 15 nitrogen and oxygen atoms in total. The molecule has 0 bridgehead atoms. The van der Waals surface area contributed by atoms with Crippen molar-refractivity contribution < 1.29 is 72.6 Å². The fourth-order valence-corrected chi connectivity index (χ4v) is 8.75. The summed E-state index contributed by atoms with van der Waals surface area (Å²) in [5.74, 6) is 4.06. The Labute approximate surface area is 501 Å². The van der Waals surface area contributed by atoms with Gasteiger partial charge in [-0.3, -0.25) is 0 Å². The lowest BCUT2D eigenvalue weighted by Crippen LogP contribution is -2.42. The van der Waals surface area contributed by atoms with E-state index in [1.54, 1.807) is 35.0 Å². The van der Waals surface area contributed by atoms with Crippen LogP contribution in [0.1, 0.15) is 130 Å². The molecule has 0 aromatic carbocycles. The van der Waals surface area contributed by atoms with Crippen molar-refractivity contribution in [1.29, 1.82) is 0 Å². The number of hydrogen-bond donors (Lipinski definition) is 5. The van der Waals surface area contributed by atoms with Gasteiger partial charge in [-0.05, 0) is 130 Å². The number of ether oxygens (including phenoxy) is 6. The van der Waals surface area contributed by atoms with Crippen LogP contribution in [-0.4, -0.2) is 161 Å². The molecule has 0 aromatic rings. The molecule has 2 saturated heterocycles. The largest absolute Gasteiger partial charge is 0.414 e. The van der Waals surface area contributed by atoms with Crippen molar-refractivity contribution >= 4 is 89.6 Å². The fourth-order valence-electron chi connectivity index (χ4n) is 4.46. The third-order valence-corrected chi connectivity index (χ3v) is 23.4. The van der Waals surface area contributed by atoms with Gasteiger partial charge in [0.25, 0.3) is 9.05 Å². The van der Waals surface area contributed by atoms with E-state index in [-0.39, 0.29) is 40.2 Å². The first kappa shape index (κ1) is 85.0. The average molecular weight is 1410 g/mol. The Bertz CT molecular complexity index is 1820. The summed E-state index contributed by atoms with van der Waals surface area (Å²) in [5, 5.41) is 43.7. The van der Waals surface area contributed by atoms with Crippen LogP contribution in [0.25, 0.3) is 0 Å². The number of terminal acetylenes is 1. The minimum Gasteiger partial charge on any atom is -0.414 e. The van der Waals surface area contributed by atoms with E-state index in [4.69, 9.17) is 71.1 Å². The van der Waals surface area contributed by atoms with Gasteiger partial charge in [0, 0.05) is 65.5 Å². The Kier molecular flexibility index (Phi) is 47.0. The van der Waals surface area contributed by atoms with Gasteiger partial charge in [-0.25, -0.2) is 8.42 Å². The van der Waals surface area contributed by atoms with Gasteiger partial charge < -0.3 is 62.8 Å². The number of aliphatic hydroxyl groups is 5. The highest BCUT2D eigenvalue weighted by molar-refractivity contribution is 14.1. The van der Waals surface area contributed by atoms with Crippen molar-refractivity contribution in [2.75, 3.05) is 54.4 Å². The molecule has 454 valence electrons. The Hall–Kier alpha value is 0.171. The summed E-state index contributed by atoms with van der Waals surface area (Å²) in [4.78, 5) is -0.0366. The van der Waals surface area contributed by atoms with Crippen molar-refractivity contribution in [1.82, 2.24) is 0 Å². The van der Waals surface area contributed by atoms with Gasteiger partial charge in [-0.1, -0.05) is 94.7 Å². The third kappa shape index (κ3) is 51.1. The van der Waals surface area contributed by atoms with Crippen LogP contribution in [0, 0.1) is 23.8 Å². The van der Waals surface area contributed by atoms with Gasteiger partial charge in [0.1, 0.15) is 8.07 Å². The summed E-state index contributed by atoms with van der Waals surface area (Å²) in [6, 6.07) is 0. The monoisotopic (exact) mass is 1400 g/mol. The smallest absolute Gasteiger partial charge is 0.256 e. The molecule has 0 aliphatic carbocycles. The summed E-state index contributed by atoms with van der Waals surface area (Å²) < 4.78 is 73.0. The van der Waals surface area contributed by atoms with E-state index in [1.807, 2.05) is 50.3 Å². The zero-order valence-electron chi connectivity index (χ0n) is 52.2. The predicted octanol–water partition coefficient (Wildman–Crippen LogP) is 12.4. The SMILES string of the molecule is C#CC[C@@H](O)CO[Si](C)(C)C(C)(C)C.C=C(C[C@@H]1COC(C)(C)O1)S(=O)(=O)Cl.C=C(I)C[C@@H](O)CO.C=C(I)C[C@@H]1COC(C)(C)O1.CC(C)(C)[Si](C)(C)OC[C@H](O)CC#C[Si](C)(C)C.CO.COC(C)(C)OC.[2H]CC. The maximum Gasteiger partial charge on any atom is 0.256 e. The molecule has 5 N–H and O–H groups in total. The van der Waals surface area contributed by atoms with E-state index in [0.29, 0.717) is 52.6 Å². The first-order valence-electron chi connectivity index (χ1n) is 25.8. The van der Waals surface area contributed by atoms with E-state index in [1.165, 1.54) is 0 Å². The van der Waals surface area contributed by atoms with Gasteiger partial charge in [0.05, 0.1) is 68.5 Å². The molecular formula is C54H109ClI2O15SSi3. The average Bonchev–Trinajstić information content (AvgIpc) is 3.80. The fraction of sp³-hybridized carbons (Fsp3) is 0.815. The Morgan fingerprint density at radius 3 is 1.34 bits per heavy atom. The molecule has 2 aliphatic heterocycles. The van der Waals surface area contributed by atoms with Crippen LogP contribution in [-0.2, 0) is 46.3 Å². The second-order valence-electron chi connectivity index (χ2n) is 22.8. The highest BCUT2D eigenvalue weighted by atomic mass is 127. The van der Waals surface area contributed by atoms with E-state index >= 15 is 0 Å². The lowest BCUT2D eigenvalue weighted by atomic mass is 10.2. The first-order chi connectivity index (χ1) is 34.5. The maximum atomic E-state index is 10.8. The zero-order chi connectivity index (χ0) is 62.7. The maximum absolute atomic E-state index is 10.8. The molecular weight excluding hydrogens is 1290 g/mol. The molecule has 2 heterocycles. The molecule has 0 aromatic heterocycles. The van der Waals surface area contributed by atoms with E-state index < -0.39 is 69.4 Å². The summed E-state index contributed by atoms with van der Waals surface area (Å²) >= 11 is 4.23. The van der Waals surface area contributed by atoms with Crippen LogP contribution < -0.4 is 0 Å². The van der Waals surface area contributed by atoms with Crippen LogP contribution in [0.5, 0.6) is 0 Å². The summed E-state index contributed by atoms with van der Waals surface area (Å²) in [7, 11) is 0.867. The second kappa shape index (κ2) is 42.0. The number of methoxy groups -OCH3 is 2. The van der Waals surface area contributed by atoms with Gasteiger partial charge >= 0.3 is 0 Å². The van der Waals surface area contributed by atoms with Crippen molar-refractivity contribution in [2.24, 2.45) is 0 Å². The second-order valence-corrected chi connectivity index (χ2v) is 42.9. The van der Waals surface area contributed by atoms with Gasteiger partial charge in [0.15, 0.2) is 34.0 Å². The number of aliphatic hydroxyl groups excluding tert-OH is 5. The van der Waals surface area contributed by atoms with Crippen LogP contribution in [0.3, 0.4) is 0 Å². The lowest BCUT2D eigenvalue weighted by molar-refractivity contribution is -0.178. The van der Waals surface area contributed by atoms with Gasteiger partial charge in [-0.15, -0.1) is 23.8 Å². The topological polar surface area (TPSA) is 209 Å². The Morgan fingerprint density at radius 1 is 0.763 bits per heavy atom. The Balaban J connectivity index is -0.000000197. The molecule has 0 spiro atoms. The summed E-state index contributed by atoms with van der Waals surface area (Å²) in [6.45, 7) is 54.3. The van der Waals surface area contributed by atoms with Crippen molar-refractivity contribution in [3.05, 3.63) is 31.8 Å². The van der Waals surface area contributed by atoms with E-state index in [9.17, 15) is 18.6 Å². The van der Waals surface area contributed by atoms with Gasteiger partial charge in [0.2, 0.25) is 0 Å². The molecule has 5 atom stereocenters. The standard InChI is InChI=1S/C14H30O2Si2.C11H22O2Si.C8H13ClO4S.C8H13IO2.C5H9IO2.C5H12O2.C2H6.CH4O/c1-14(2,3)18(7,8)16-12-13(15)10-9-11-17(4,5)6;1-7-8-10(12)9-13-14(5,6)11(2,3)4;1-6(14(9,10)11)4-7-5-12-8(2,3)13-7;1-6(9)4-7-5-10-8(2,3)11-7;1-4(6)2-5(8)3-7;1-5(2,6-3)7-4;2*1-2/h13,15H,10,12H2,1-8H3;1,10,12H,8-9H2,2-6H3;7H,1,4-5H2,2-3H3;7H,1,4-5H2,2-3H3;5,7-8H,1-3H2;1-4H3;1-2H3;2H,1H3/t13-;10-;2*7-;5-;;;/m11111.../s1/i;;;;;;1D;. The van der Waals surface area contributed by atoms with Crippen molar-refractivity contribution in [3.8, 4) is 23.8 Å². The minimum absolute atomic E-state index is 0.0366. The molecule has 0 amide bonds. The number of halogens is 3. The molecule has 0 unspecified atom stereocenters. The Morgan fingerprint density at radius 2 is 1.12 bits per heavy atom. The highest BCUT2D eigenvalue weighted by Gasteiger charge is 2.39. The molecule has 22 heteroatoms.